The molecule has 0 aliphatic rings. The molecule has 0 radical (unpaired) electrons. The van der Waals surface area contributed by atoms with Gasteiger partial charge in [-0.3, -0.25) is 4.21 Å². The number of nitrogens with zero attached hydrogens (tertiary/aromatic N) is 2. The van der Waals surface area contributed by atoms with Crippen LogP contribution in [0.5, 0.6) is 0 Å². The van der Waals surface area contributed by atoms with Gasteiger partial charge in [-0.1, -0.05) is 0 Å². The molecule has 0 spiro atoms. The molecule has 1 heterocycles. The minimum Gasteiger partial charge on any atom is -0.767 e. The van der Waals surface area contributed by atoms with Crippen LogP contribution in [0.2, 0.25) is 0 Å². The van der Waals surface area contributed by atoms with E-state index in [9.17, 15) is 8.76 Å². The van der Waals surface area contributed by atoms with E-state index in [2.05, 4.69) is 20.9 Å². The molecule has 4 nitrogen and oxygen atoms in total. The fraction of sp³-hybridized carbons (Fsp3) is 0.400. The normalized spacial score (nSPS) is 12.3. The Bertz CT molecular complexity index is 315. The van der Waals surface area contributed by atoms with Gasteiger partial charge in [0.15, 0.2) is 0 Å². The van der Waals surface area contributed by atoms with E-state index in [0.717, 1.165) is 0 Å². The Labute approximate surface area is 103 Å². The van der Waals surface area contributed by atoms with Crippen LogP contribution >= 0.6 is 15.9 Å². The zero-order valence-corrected chi connectivity index (χ0v) is 11.4. The summed E-state index contributed by atoms with van der Waals surface area (Å²) in [5.74, 6) is 0.663. The molecule has 1 rings (SSSR count). The standard InChI is InChI=1S/C5H7BrN2O2S.Na/c1-3-7-5(11(9)10)4(6)8(3)2;/h1-2H3,(H,9,10);/q;+1/p-1. The largest absolute Gasteiger partial charge is 1.00 e. The SMILES string of the molecule is Cc1nc(S(=O)[O-])c(Br)n1C.[Na+]. The van der Waals surface area contributed by atoms with E-state index in [-0.39, 0.29) is 34.6 Å². The Kier molecular flexibility index (Phi) is 5.20. The number of imidazole rings is 1. The van der Waals surface area contributed by atoms with Gasteiger partial charge in [-0.15, -0.1) is 0 Å². The van der Waals surface area contributed by atoms with Crippen LogP contribution in [0.4, 0.5) is 0 Å². The average molecular weight is 261 g/mol. The summed E-state index contributed by atoms with van der Waals surface area (Å²) in [6.07, 6.45) is 0. The minimum atomic E-state index is -2.26. The second-order valence-corrected chi connectivity index (χ2v) is 3.66. The summed E-state index contributed by atoms with van der Waals surface area (Å²) in [4.78, 5) is 3.81. The van der Waals surface area contributed by atoms with Crippen molar-refractivity contribution in [1.29, 1.82) is 0 Å². The zero-order chi connectivity index (χ0) is 8.59. The fourth-order valence-corrected chi connectivity index (χ4v) is 1.88. The molecule has 1 atom stereocenters. The summed E-state index contributed by atoms with van der Waals surface area (Å²) in [5.41, 5.74) is 0. The second kappa shape index (κ2) is 4.88. The van der Waals surface area contributed by atoms with Crippen LogP contribution in [0, 0.1) is 6.92 Å². The third-order valence-corrected chi connectivity index (χ3v) is 3.15. The number of aryl methyl sites for hydroxylation is 1. The number of aromatic nitrogens is 2. The van der Waals surface area contributed by atoms with E-state index in [1.54, 1.807) is 18.5 Å². The Morgan fingerprint density at radius 3 is 2.33 bits per heavy atom. The maximum Gasteiger partial charge on any atom is 1.00 e. The molecule has 0 N–H and O–H groups in total. The van der Waals surface area contributed by atoms with E-state index in [4.69, 9.17) is 0 Å². The Balaban J connectivity index is 0.00000121. The predicted molar refractivity (Wildman–Crippen MR) is 42.8 cm³/mol. The first-order chi connectivity index (χ1) is 5.04. The van der Waals surface area contributed by atoms with E-state index in [1.807, 2.05) is 0 Å². The molecule has 0 amide bonds. The number of hydrogen-bond donors (Lipinski definition) is 0. The number of halogens is 1. The van der Waals surface area contributed by atoms with Gasteiger partial charge >= 0.3 is 29.6 Å². The molecule has 1 aromatic rings. The number of hydrogen-bond acceptors (Lipinski definition) is 3. The molecule has 0 aromatic carbocycles. The van der Waals surface area contributed by atoms with Crippen LogP contribution in [0.1, 0.15) is 5.82 Å². The molecule has 1 unspecified atom stereocenters. The van der Waals surface area contributed by atoms with Gasteiger partial charge in [0.05, 0.1) is 0 Å². The molecule has 0 aliphatic heterocycles. The average Bonchev–Trinajstić information content (AvgIpc) is 2.17. The molecular weight excluding hydrogens is 255 g/mol. The van der Waals surface area contributed by atoms with Crippen molar-refractivity contribution in [1.82, 2.24) is 9.55 Å². The van der Waals surface area contributed by atoms with Crippen molar-refractivity contribution in [3.8, 4) is 0 Å². The molecule has 62 valence electrons. The van der Waals surface area contributed by atoms with E-state index in [1.165, 1.54) is 0 Å². The second-order valence-electron chi connectivity index (χ2n) is 2.05. The van der Waals surface area contributed by atoms with E-state index < -0.39 is 11.1 Å². The van der Waals surface area contributed by atoms with Crippen molar-refractivity contribution in [2.45, 2.75) is 11.9 Å². The maximum atomic E-state index is 10.5. The molecular formula is C5H6BrN2NaO2S. The molecule has 0 saturated carbocycles. The first kappa shape index (κ1) is 12.8. The third-order valence-electron chi connectivity index (χ3n) is 1.38. The van der Waals surface area contributed by atoms with Crippen LogP contribution < -0.4 is 29.6 Å². The fourth-order valence-electron chi connectivity index (χ4n) is 0.660. The van der Waals surface area contributed by atoms with Gasteiger partial charge in [0.1, 0.15) is 15.5 Å². The first-order valence-electron chi connectivity index (χ1n) is 2.82. The molecule has 0 bridgehead atoms. The van der Waals surface area contributed by atoms with Gasteiger partial charge in [0.25, 0.3) is 0 Å². The van der Waals surface area contributed by atoms with Crippen molar-refractivity contribution >= 4 is 27.0 Å². The van der Waals surface area contributed by atoms with Crippen LogP contribution in [-0.4, -0.2) is 18.3 Å². The van der Waals surface area contributed by atoms with Gasteiger partial charge in [0, 0.05) is 18.1 Å². The zero-order valence-electron chi connectivity index (χ0n) is 7.00. The summed E-state index contributed by atoms with van der Waals surface area (Å²) in [6.45, 7) is 1.74. The molecule has 0 fully saturated rings. The molecule has 0 aliphatic carbocycles. The van der Waals surface area contributed by atoms with Crippen molar-refractivity contribution in [2.75, 3.05) is 0 Å². The van der Waals surface area contributed by atoms with Crippen molar-refractivity contribution in [3.63, 3.8) is 0 Å². The van der Waals surface area contributed by atoms with E-state index in [0.29, 0.717) is 10.4 Å². The van der Waals surface area contributed by atoms with E-state index >= 15 is 0 Å². The van der Waals surface area contributed by atoms with Crippen LogP contribution in [0.25, 0.3) is 0 Å². The molecule has 1 aromatic heterocycles. The topological polar surface area (TPSA) is 57.9 Å². The van der Waals surface area contributed by atoms with Crippen LogP contribution in [0.15, 0.2) is 9.63 Å². The maximum absolute atomic E-state index is 10.5. The quantitative estimate of drug-likeness (QED) is 0.423. The molecule has 7 heteroatoms. The van der Waals surface area contributed by atoms with Crippen molar-refractivity contribution < 1.29 is 38.3 Å². The van der Waals surface area contributed by atoms with Gasteiger partial charge in [-0.05, 0) is 22.9 Å². The monoisotopic (exact) mass is 260 g/mol. The van der Waals surface area contributed by atoms with Gasteiger partial charge in [-0.2, -0.15) is 0 Å². The minimum absolute atomic E-state index is 0. The summed E-state index contributed by atoms with van der Waals surface area (Å²) in [6, 6.07) is 0. The summed E-state index contributed by atoms with van der Waals surface area (Å²) in [7, 11) is 1.74. The third kappa shape index (κ3) is 2.40. The predicted octanol–water partition coefficient (Wildman–Crippen LogP) is -2.27. The van der Waals surface area contributed by atoms with Crippen LogP contribution in [-0.2, 0) is 18.1 Å². The van der Waals surface area contributed by atoms with Gasteiger partial charge in [0.2, 0.25) is 0 Å². The molecule has 12 heavy (non-hydrogen) atoms. The smallest absolute Gasteiger partial charge is 0.767 e. The van der Waals surface area contributed by atoms with Gasteiger partial charge < -0.3 is 9.12 Å². The molecule has 0 saturated heterocycles. The first-order valence-corrected chi connectivity index (χ1v) is 4.69. The Hall–Kier alpha value is 0.800. The summed E-state index contributed by atoms with van der Waals surface area (Å²) in [5, 5.41) is 0.0602. The van der Waals surface area contributed by atoms with Crippen molar-refractivity contribution in [3.05, 3.63) is 10.4 Å². The summed E-state index contributed by atoms with van der Waals surface area (Å²) >= 11 is 0.850. The number of rotatable bonds is 1. The summed E-state index contributed by atoms with van der Waals surface area (Å²) < 4.78 is 23.1. The van der Waals surface area contributed by atoms with Crippen molar-refractivity contribution in [2.24, 2.45) is 7.05 Å². The van der Waals surface area contributed by atoms with Crippen LogP contribution in [0.3, 0.4) is 0 Å². The Morgan fingerprint density at radius 1 is 1.67 bits per heavy atom. The van der Waals surface area contributed by atoms with Gasteiger partial charge in [-0.25, -0.2) is 4.98 Å². The Morgan fingerprint density at radius 2 is 2.17 bits per heavy atom.